The minimum Gasteiger partial charge on any atom is -0.490 e. The van der Waals surface area contributed by atoms with Crippen LogP contribution in [0.1, 0.15) is 25.6 Å². The molecule has 2 aliphatic rings. The molecule has 1 saturated heterocycles. The zero-order valence-electron chi connectivity index (χ0n) is 16.7. The van der Waals surface area contributed by atoms with Crippen molar-refractivity contribution in [2.75, 3.05) is 20.3 Å². The molecule has 0 amide bonds. The van der Waals surface area contributed by atoms with Crippen molar-refractivity contribution in [2.45, 2.75) is 31.9 Å². The lowest BCUT2D eigenvalue weighted by molar-refractivity contribution is -0.141. The van der Waals surface area contributed by atoms with Crippen LogP contribution in [0.4, 0.5) is 10.1 Å². The first-order chi connectivity index (χ1) is 13.7. The van der Waals surface area contributed by atoms with Gasteiger partial charge in [-0.3, -0.25) is 0 Å². The molecule has 1 fully saturated rings. The lowest BCUT2D eigenvalue weighted by atomic mass is 9.99. The molecule has 0 aromatic heterocycles. The second-order valence-corrected chi connectivity index (χ2v) is 7.67. The summed E-state index contributed by atoms with van der Waals surface area (Å²) >= 11 is 0. The molecule has 0 bridgehead atoms. The molecular formula is C21H25FN4O3. The van der Waals surface area contributed by atoms with Crippen molar-refractivity contribution in [3.8, 4) is 16.9 Å². The van der Waals surface area contributed by atoms with Crippen LogP contribution in [0.3, 0.4) is 0 Å². The molecule has 0 aliphatic carbocycles. The number of aliphatic imine (C=N–C) groups is 1. The first kappa shape index (κ1) is 19.6. The lowest BCUT2D eigenvalue weighted by Crippen LogP contribution is -2.42. The van der Waals surface area contributed by atoms with Crippen molar-refractivity contribution in [2.24, 2.45) is 16.5 Å². The number of halogens is 1. The summed E-state index contributed by atoms with van der Waals surface area (Å²) < 4.78 is 32.0. The molecule has 2 aromatic rings. The van der Waals surface area contributed by atoms with Gasteiger partial charge in [0.05, 0.1) is 17.9 Å². The highest BCUT2D eigenvalue weighted by Crippen LogP contribution is 2.38. The molecule has 29 heavy (non-hydrogen) atoms. The third kappa shape index (κ3) is 3.78. The molecule has 2 atom stereocenters. The van der Waals surface area contributed by atoms with Crippen molar-refractivity contribution >= 4 is 11.6 Å². The van der Waals surface area contributed by atoms with Crippen molar-refractivity contribution in [3.05, 3.63) is 47.8 Å². The van der Waals surface area contributed by atoms with E-state index in [4.69, 9.17) is 25.7 Å². The number of nitrogens with two attached hydrogens (primary N) is 2. The van der Waals surface area contributed by atoms with Crippen LogP contribution in [0.15, 0.2) is 41.4 Å². The van der Waals surface area contributed by atoms with Crippen LogP contribution in [-0.2, 0) is 9.47 Å². The summed E-state index contributed by atoms with van der Waals surface area (Å²) in [4.78, 5) is 6.07. The van der Waals surface area contributed by atoms with Crippen LogP contribution in [0.25, 0.3) is 11.1 Å². The molecule has 154 valence electrons. The van der Waals surface area contributed by atoms with E-state index in [0.29, 0.717) is 35.1 Å². The van der Waals surface area contributed by atoms with Crippen molar-refractivity contribution in [1.82, 2.24) is 4.90 Å². The SMILES string of the molecule is CN1C(N)=Nc2cc(-c3c(F)cccc3OCC3COC(C)(C)O3)ccc2C1N. The van der Waals surface area contributed by atoms with Crippen LogP contribution in [-0.4, -0.2) is 43.0 Å². The number of fused-ring (bicyclic) bond motifs is 1. The average molecular weight is 400 g/mol. The van der Waals surface area contributed by atoms with Crippen molar-refractivity contribution in [1.29, 1.82) is 0 Å². The van der Waals surface area contributed by atoms with E-state index in [1.807, 2.05) is 26.0 Å². The number of guanidine groups is 1. The standard InChI is InChI=1S/C21H25FN4O3/c1-21(2)28-11-13(29-21)10-27-17-6-4-5-15(22)18(17)12-7-8-14-16(9-12)25-20(24)26(3)19(14)23/h4-9,13,19H,10-11,23H2,1-3H3,(H2,24,25). The third-order valence-corrected chi connectivity index (χ3v) is 5.12. The van der Waals surface area contributed by atoms with Crippen LogP contribution in [0.2, 0.25) is 0 Å². The maximum atomic E-state index is 14.8. The highest BCUT2D eigenvalue weighted by Gasteiger charge is 2.33. The van der Waals surface area contributed by atoms with Crippen molar-refractivity contribution < 1.29 is 18.6 Å². The smallest absolute Gasteiger partial charge is 0.197 e. The second kappa shape index (κ2) is 7.29. The van der Waals surface area contributed by atoms with Gasteiger partial charge < -0.3 is 30.6 Å². The second-order valence-electron chi connectivity index (χ2n) is 7.67. The highest BCUT2D eigenvalue weighted by atomic mass is 19.1. The largest absolute Gasteiger partial charge is 0.490 e. The monoisotopic (exact) mass is 400 g/mol. The Morgan fingerprint density at radius 3 is 2.83 bits per heavy atom. The fourth-order valence-electron chi connectivity index (χ4n) is 3.53. The Bertz CT molecular complexity index is 963. The molecule has 8 heteroatoms. The normalized spacial score (nSPS) is 22.9. The quantitative estimate of drug-likeness (QED) is 0.819. The number of hydrogen-bond acceptors (Lipinski definition) is 7. The number of benzene rings is 2. The first-order valence-corrected chi connectivity index (χ1v) is 9.45. The van der Waals surface area contributed by atoms with Gasteiger partial charge in [-0.1, -0.05) is 18.2 Å². The molecule has 0 saturated carbocycles. The predicted molar refractivity (Wildman–Crippen MR) is 108 cm³/mol. The van der Waals surface area contributed by atoms with Gasteiger partial charge in [-0.05, 0) is 37.6 Å². The Balaban J connectivity index is 1.64. The van der Waals surface area contributed by atoms with E-state index >= 15 is 0 Å². The summed E-state index contributed by atoms with van der Waals surface area (Å²) in [6.45, 7) is 4.38. The first-order valence-electron chi connectivity index (χ1n) is 9.45. The van der Waals surface area contributed by atoms with E-state index < -0.39 is 12.0 Å². The maximum absolute atomic E-state index is 14.8. The Labute approximate surface area is 169 Å². The Morgan fingerprint density at radius 1 is 1.31 bits per heavy atom. The van der Waals surface area contributed by atoms with Gasteiger partial charge in [-0.2, -0.15) is 0 Å². The Hall–Kier alpha value is -2.68. The number of nitrogens with zero attached hydrogens (tertiary/aromatic N) is 2. The zero-order chi connectivity index (χ0) is 20.8. The molecule has 4 N–H and O–H groups in total. The van der Waals surface area contributed by atoms with E-state index in [0.717, 1.165) is 5.56 Å². The summed E-state index contributed by atoms with van der Waals surface area (Å²) in [5.74, 6) is -0.289. The molecule has 0 spiro atoms. The summed E-state index contributed by atoms with van der Waals surface area (Å²) in [7, 11) is 1.78. The highest BCUT2D eigenvalue weighted by molar-refractivity contribution is 5.85. The van der Waals surface area contributed by atoms with E-state index in [9.17, 15) is 4.39 Å². The van der Waals surface area contributed by atoms with Crippen LogP contribution in [0.5, 0.6) is 5.75 Å². The van der Waals surface area contributed by atoms with Gasteiger partial charge in [-0.15, -0.1) is 0 Å². The van der Waals surface area contributed by atoms with Gasteiger partial charge in [0, 0.05) is 12.6 Å². The Kier molecular flexibility index (Phi) is 4.94. The molecule has 4 rings (SSSR count). The topological polar surface area (TPSA) is 95.3 Å². The summed E-state index contributed by atoms with van der Waals surface area (Å²) in [5.41, 5.74) is 14.6. The van der Waals surface area contributed by atoms with Gasteiger partial charge in [0.25, 0.3) is 0 Å². The molecule has 7 nitrogen and oxygen atoms in total. The molecule has 2 aromatic carbocycles. The van der Waals surface area contributed by atoms with Gasteiger partial charge in [0.15, 0.2) is 11.7 Å². The van der Waals surface area contributed by atoms with E-state index in [1.165, 1.54) is 6.07 Å². The minimum absolute atomic E-state index is 0.220. The van der Waals surface area contributed by atoms with Crippen LogP contribution < -0.4 is 16.2 Å². The van der Waals surface area contributed by atoms with Gasteiger partial charge in [0.2, 0.25) is 0 Å². The van der Waals surface area contributed by atoms with Crippen molar-refractivity contribution in [3.63, 3.8) is 0 Å². The molecular weight excluding hydrogens is 375 g/mol. The van der Waals surface area contributed by atoms with Gasteiger partial charge >= 0.3 is 0 Å². The predicted octanol–water partition coefficient (Wildman–Crippen LogP) is 2.87. The zero-order valence-corrected chi connectivity index (χ0v) is 16.7. The fourth-order valence-corrected chi connectivity index (χ4v) is 3.53. The number of ether oxygens (including phenoxy) is 3. The average Bonchev–Trinajstić information content (AvgIpc) is 3.03. The van der Waals surface area contributed by atoms with Gasteiger partial charge in [0.1, 0.15) is 30.4 Å². The number of hydrogen-bond donors (Lipinski definition) is 2. The van der Waals surface area contributed by atoms with Crippen LogP contribution >= 0.6 is 0 Å². The van der Waals surface area contributed by atoms with E-state index in [-0.39, 0.29) is 18.5 Å². The molecule has 0 radical (unpaired) electrons. The molecule has 2 unspecified atom stereocenters. The number of rotatable bonds is 4. The maximum Gasteiger partial charge on any atom is 0.197 e. The van der Waals surface area contributed by atoms with E-state index in [1.54, 1.807) is 30.1 Å². The summed E-state index contributed by atoms with van der Waals surface area (Å²) in [5, 5.41) is 0. The van der Waals surface area contributed by atoms with E-state index in [2.05, 4.69) is 4.99 Å². The summed E-state index contributed by atoms with van der Waals surface area (Å²) in [6.07, 6.45) is -0.627. The third-order valence-electron chi connectivity index (χ3n) is 5.12. The summed E-state index contributed by atoms with van der Waals surface area (Å²) in [6, 6.07) is 10.2. The molecule has 2 heterocycles. The Morgan fingerprint density at radius 2 is 2.10 bits per heavy atom. The lowest BCUT2D eigenvalue weighted by Gasteiger charge is -2.31. The molecule has 2 aliphatic heterocycles. The fraction of sp³-hybridized carbons (Fsp3) is 0.381. The van der Waals surface area contributed by atoms with Gasteiger partial charge in [-0.25, -0.2) is 9.38 Å². The minimum atomic E-state index is -0.638. The van der Waals surface area contributed by atoms with Crippen LogP contribution in [0, 0.1) is 5.82 Å².